The Labute approximate surface area is 119 Å². The van der Waals surface area contributed by atoms with E-state index in [1.165, 1.54) is 18.5 Å². The van der Waals surface area contributed by atoms with Crippen LogP contribution in [0, 0.1) is 19.7 Å². The van der Waals surface area contributed by atoms with Crippen LogP contribution in [-0.2, 0) is 0 Å². The van der Waals surface area contributed by atoms with Crippen molar-refractivity contribution >= 4 is 28.9 Å². The van der Waals surface area contributed by atoms with Crippen LogP contribution in [-0.4, -0.2) is 19.6 Å². The smallest absolute Gasteiger partial charge is 0.254 e. The monoisotopic (exact) mass is 291 g/mol. The number of benzene rings is 1. The molecule has 102 valence electrons. The number of hydrogen-bond donors (Lipinski definition) is 1. The van der Waals surface area contributed by atoms with Crippen molar-refractivity contribution in [1.82, 2.24) is 19.6 Å². The average Bonchev–Trinajstić information content (AvgIpc) is 2.87. The van der Waals surface area contributed by atoms with Gasteiger partial charge in [-0.05, 0) is 32.0 Å². The average molecular weight is 292 g/mol. The van der Waals surface area contributed by atoms with E-state index in [4.69, 9.17) is 11.6 Å². The van der Waals surface area contributed by atoms with Gasteiger partial charge in [-0.15, -0.1) is 0 Å². The number of fused-ring (bicyclic) bond motifs is 1. The van der Waals surface area contributed by atoms with Crippen molar-refractivity contribution < 1.29 is 4.39 Å². The summed E-state index contributed by atoms with van der Waals surface area (Å²) in [5, 5.41) is 7.37. The number of nitrogens with zero attached hydrogens (tertiary/aromatic N) is 4. The van der Waals surface area contributed by atoms with Gasteiger partial charge in [-0.25, -0.2) is 9.37 Å². The highest BCUT2D eigenvalue weighted by Crippen LogP contribution is 2.25. The molecule has 0 aliphatic carbocycles. The maximum atomic E-state index is 13.2. The molecule has 0 spiro atoms. The Bertz CT molecular complexity index is 799. The van der Waals surface area contributed by atoms with E-state index in [0.29, 0.717) is 11.5 Å². The molecule has 0 aliphatic rings. The number of nitrogens with one attached hydrogen (secondary N) is 1. The zero-order valence-corrected chi connectivity index (χ0v) is 11.6. The van der Waals surface area contributed by atoms with E-state index in [9.17, 15) is 4.39 Å². The first-order valence-electron chi connectivity index (χ1n) is 5.95. The third-order valence-electron chi connectivity index (χ3n) is 3.09. The molecule has 0 fully saturated rings. The summed E-state index contributed by atoms with van der Waals surface area (Å²) in [7, 11) is 0. The fourth-order valence-electron chi connectivity index (χ4n) is 1.89. The fourth-order valence-corrected chi connectivity index (χ4v) is 2.07. The van der Waals surface area contributed by atoms with E-state index < -0.39 is 5.82 Å². The van der Waals surface area contributed by atoms with Crippen molar-refractivity contribution in [2.75, 3.05) is 5.32 Å². The van der Waals surface area contributed by atoms with Crippen molar-refractivity contribution in [3.05, 3.63) is 46.6 Å². The van der Waals surface area contributed by atoms with Gasteiger partial charge in [0.25, 0.3) is 5.78 Å². The van der Waals surface area contributed by atoms with Crippen LogP contribution in [0.15, 0.2) is 24.5 Å². The van der Waals surface area contributed by atoms with E-state index in [1.807, 2.05) is 13.8 Å². The number of aromatic nitrogens is 4. The third-order valence-corrected chi connectivity index (χ3v) is 3.38. The molecule has 7 heteroatoms. The summed E-state index contributed by atoms with van der Waals surface area (Å²) in [4.78, 5) is 8.40. The molecule has 0 saturated carbocycles. The summed E-state index contributed by atoms with van der Waals surface area (Å²) in [5.41, 5.74) is 2.45. The van der Waals surface area contributed by atoms with Gasteiger partial charge in [-0.1, -0.05) is 11.6 Å². The first-order valence-corrected chi connectivity index (χ1v) is 6.33. The van der Waals surface area contributed by atoms with E-state index in [-0.39, 0.29) is 5.02 Å². The summed E-state index contributed by atoms with van der Waals surface area (Å²) in [6.07, 6.45) is 1.43. The predicted molar refractivity (Wildman–Crippen MR) is 74.9 cm³/mol. The molecule has 0 amide bonds. The Balaban J connectivity index is 2.11. The van der Waals surface area contributed by atoms with Crippen LogP contribution in [0.3, 0.4) is 0 Å². The Morgan fingerprint density at radius 1 is 1.30 bits per heavy atom. The molecular weight excluding hydrogens is 281 g/mol. The number of halogens is 2. The summed E-state index contributed by atoms with van der Waals surface area (Å²) < 4.78 is 14.8. The second-order valence-corrected chi connectivity index (χ2v) is 4.80. The molecule has 0 bridgehead atoms. The lowest BCUT2D eigenvalue weighted by molar-refractivity contribution is 0.628. The standard InChI is InChI=1S/C13H11ClFN5/c1-7-8(2)18-13-16-6-17-20(13)12(7)19-9-3-4-11(15)10(14)5-9/h3-6,19H,1-2H3. The highest BCUT2D eigenvalue weighted by molar-refractivity contribution is 6.31. The largest absolute Gasteiger partial charge is 0.340 e. The predicted octanol–water partition coefficient (Wildman–Crippen LogP) is 3.28. The molecule has 5 nitrogen and oxygen atoms in total. The third kappa shape index (κ3) is 2.08. The minimum absolute atomic E-state index is 0.0632. The summed E-state index contributed by atoms with van der Waals surface area (Å²) in [6.45, 7) is 3.82. The number of anilines is 2. The van der Waals surface area contributed by atoms with Crippen LogP contribution in [0.2, 0.25) is 5.02 Å². The van der Waals surface area contributed by atoms with Crippen LogP contribution in [0.1, 0.15) is 11.3 Å². The summed E-state index contributed by atoms with van der Waals surface area (Å²) in [5.74, 6) is 0.780. The van der Waals surface area contributed by atoms with Crippen LogP contribution in [0.5, 0.6) is 0 Å². The van der Waals surface area contributed by atoms with E-state index in [1.54, 1.807) is 10.6 Å². The van der Waals surface area contributed by atoms with Crippen molar-refractivity contribution in [3.63, 3.8) is 0 Å². The maximum absolute atomic E-state index is 13.2. The fraction of sp³-hybridized carbons (Fsp3) is 0.154. The lowest BCUT2D eigenvalue weighted by atomic mass is 10.2. The normalized spacial score (nSPS) is 11.0. The van der Waals surface area contributed by atoms with Crippen LogP contribution >= 0.6 is 11.6 Å². The summed E-state index contributed by atoms with van der Waals surface area (Å²) >= 11 is 5.79. The molecule has 3 aromatic rings. The minimum Gasteiger partial charge on any atom is -0.340 e. The summed E-state index contributed by atoms with van der Waals surface area (Å²) in [6, 6.07) is 4.45. The van der Waals surface area contributed by atoms with Gasteiger partial charge in [0.2, 0.25) is 0 Å². The molecule has 3 rings (SSSR count). The van der Waals surface area contributed by atoms with Crippen LogP contribution < -0.4 is 5.32 Å². The Morgan fingerprint density at radius 2 is 2.10 bits per heavy atom. The molecule has 2 heterocycles. The molecular formula is C13H11ClFN5. The van der Waals surface area contributed by atoms with Crippen LogP contribution in [0.4, 0.5) is 15.9 Å². The topological polar surface area (TPSA) is 55.1 Å². The van der Waals surface area contributed by atoms with Crippen LogP contribution in [0.25, 0.3) is 5.78 Å². The van der Waals surface area contributed by atoms with Crippen molar-refractivity contribution in [3.8, 4) is 0 Å². The molecule has 0 atom stereocenters. The first-order chi connectivity index (χ1) is 9.56. The first kappa shape index (κ1) is 12.8. The van der Waals surface area contributed by atoms with Gasteiger partial charge < -0.3 is 5.32 Å². The Hall–Kier alpha value is -2.21. The molecule has 0 radical (unpaired) electrons. The second-order valence-electron chi connectivity index (χ2n) is 4.40. The van der Waals surface area contributed by atoms with Crippen molar-refractivity contribution in [2.45, 2.75) is 13.8 Å². The van der Waals surface area contributed by atoms with Gasteiger partial charge in [0.05, 0.1) is 5.02 Å². The molecule has 20 heavy (non-hydrogen) atoms. The number of aryl methyl sites for hydroxylation is 1. The van der Waals surface area contributed by atoms with E-state index >= 15 is 0 Å². The van der Waals surface area contributed by atoms with E-state index in [0.717, 1.165) is 17.1 Å². The van der Waals surface area contributed by atoms with Gasteiger partial charge in [-0.2, -0.15) is 14.6 Å². The van der Waals surface area contributed by atoms with Crippen molar-refractivity contribution in [2.24, 2.45) is 0 Å². The van der Waals surface area contributed by atoms with Gasteiger partial charge in [0.15, 0.2) is 0 Å². The highest BCUT2D eigenvalue weighted by atomic mass is 35.5. The minimum atomic E-state index is -0.453. The highest BCUT2D eigenvalue weighted by Gasteiger charge is 2.11. The Morgan fingerprint density at radius 3 is 2.85 bits per heavy atom. The SMILES string of the molecule is Cc1nc2ncnn2c(Nc2ccc(F)c(Cl)c2)c1C. The molecule has 0 unspecified atom stereocenters. The van der Waals surface area contributed by atoms with Gasteiger partial charge >= 0.3 is 0 Å². The molecule has 2 aromatic heterocycles. The zero-order valence-electron chi connectivity index (χ0n) is 10.9. The molecule has 0 saturated heterocycles. The van der Waals surface area contributed by atoms with Crippen molar-refractivity contribution in [1.29, 1.82) is 0 Å². The van der Waals surface area contributed by atoms with Gasteiger partial charge in [0, 0.05) is 16.9 Å². The number of rotatable bonds is 2. The zero-order chi connectivity index (χ0) is 14.3. The maximum Gasteiger partial charge on any atom is 0.254 e. The molecule has 1 aromatic carbocycles. The molecule has 0 aliphatic heterocycles. The quantitative estimate of drug-likeness (QED) is 0.787. The lowest BCUT2D eigenvalue weighted by Crippen LogP contribution is -2.06. The second kappa shape index (κ2) is 4.72. The van der Waals surface area contributed by atoms with Gasteiger partial charge in [-0.3, -0.25) is 0 Å². The number of hydrogen-bond acceptors (Lipinski definition) is 4. The Kier molecular flexibility index (Phi) is 3.02. The lowest BCUT2D eigenvalue weighted by Gasteiger charge is -2.12. The van der Waals surface area contributed by atoms with E-state index in [2.05, 4.69) is 20.4 Å². The molecule has 1 N–H and O–H groups in total. The van der Waals surface area contributed by atoms with Gasteiger partial charge in [0.1, 0.15) is 18.0 Å².